The van der Waals surface area contributed by atoms with Crippen LogP contribution in [0.25, 0.3) is 0 Å². The monoisotopic (exact) mass is 272 g/mol. The average Bonchev–Trinajstić information content (AvgIpc) is 3.25. The van der Waals surface area contributed by atoms with Crippen LogP contribution in [0.15, 0.2) is 36.5 Å². The van der Waals surface area contributed by atoms with Crippen molar-refractivity contribution in [1.82, 2.24) is 10.3 Å². The number of hydrogen-bond acceptors (Lipinski definition) is 3. The van der Waals surface area contributed by atoms with Gasteiger partial charge in [-0.3, -0.25) is 0 Å². The molecule has 0 aliphatic heterocycles. The largest absolute Gasteiger partial charge is 0.436 e. The van der Waals surface area contributed by atoms with Crippen molar-refractivity contribution in [3.05, 3.63) is 53.5 Å². The highest BCUT2D eigenvalue weighted by molar-refractivity contribution is 5.33. The fraction of sp³-hybridized carbons (Fsp3) is 0.312. The summed E-state index contributed by atoms with van der Waals surface area (Å²) in [7, 11) is 0. The van der Waals surface area contributed by atoms with Crippen LogP contribution in [0.2, 0.25) is 0 Å². The highest BCUT2D eigenvalue weighted by Gasteiger charge is 2.20. The van der Waals surface area contributed by atoms with E-state index in [1.807, 2.05) is 19.1 Å². The van der Waals surface area contributed by atoms with Crippen molar-refractivity contribution in [2.24, 2.45) is 0 Å². The van der Waals surface area contributed by atoms with E-state index in [2.05, 4.69) is 10.3 Å². The van der Waals surface area contributed by atoms with Gasteiger partial charge in [0, 0.05) is 24.8 Å². The van der Waals surface area contributed by atoms with Gasteiger partial charge in [-0.1, -0.05) is 6.07 Å². The molecule has 1 heterocycles. The Balaban J connectivity index is 1.72. The lowest BCUT2D eigenvalue weighted by molar-refractivity contribution is 0.426. The molecule has 1 aliphatic carbocycles. The molecule has 0 bridgehead atoms. The number of ether oxygens (including phenoxy) is 1. The van der Waals surface area contributed by atoms with Crippen molar-refractivity contribution >= 4 is 0 Å². The van der Waals surface area contributed by atoms with Crippen molar-refractivity contribution in [2.45, 2.75) is 32.4 Å². The summed E-state index contributed by atoms with van der Waals surface area (Å²) < 4.78 is 19.2. The molecule has 1 aromatic carbocycles. The van der Waals surface area contributed by atoms with Crippen molar-refractivity contribution < 1.29 is 9.13 Å². The van der Waals surface area contributed by atoms with E-state index in [9.17, 15) is 4.39 Å². The minimum absolute atomic E-state index is 0.213. The first-order valence-corrected chi connectivity index (χ1v) is 6.83. The summed E-state index contributed by atoms with van der Waals surface area (Å²) in [4.78, 5) is 4.13. The van der Waals surface area contributed by atoms with Crippen LogP contribution < -0.4 is 10.1 Å². The standard InChI is InChI=1S/C16H17FN2O/c1-11-2-5-14(17)15(8-11)20-16-9-12(6-7-18-16)10-19-13-3-4-13/h2,5-9,13,19H,3-4,10H2,1H3. The third kappa shape index (κ3) is 3.33. The molecule has 0 atom stereocenters. The Morgan fingerprint density at radius 1 is 1.30 bits per heavy atom. The summed E-state index contributed by atoms with van der Waals surface area (Å²) in [6.07, 6.45) is 4.19. The van der Waals surface area contributed by atoms with Crippen LogP contribution in [0.4, 0.5) is 4.39 Å². The first kappa shape index (κ1) is 13.1. The van der Waals surface area contributed by atoms with Gasteiger partial charge in [0.1, 0.15) is 0 Å². The molecule has 3 rings (SSSR count). The van der Waals surface area contributed by atoms with Gasteiger partial charge in [0.05, 0.1) is 0 Å². The lowest BCUT2D eigenvalue weighted by Crippen LogP contribution is -2.15. The zero-order valence-corrected chi connectivity index (χ0v) is 11.4. The summed E-state index contributed by atoms with van der Waals surface area (Å²) in [6.45, 7) is 2.69. The van der Waals surface area contributed by atoms with E-state index in [1.54, 1.807) is 18.3 Å². The molecule has 0 unspecified atom stereocenters. The highest BCUT2D eigenvalue weighted by Crippen LogP contribution is 2.25. The van der Waals surface area contributed by atoms with Crippen LogP contribution in [-0.4, -0.2) is 11.0 Å². The number of rotatable bonds is 5. The van der Waals surface area contributed by atoms with Crippen LogP contribution in [0.1, 0.15) is 24.0 Å². The Bertz CT molecular complexity index is 611. The lowest BCUT2D eigenvalue weighted by Gasteiger charge is -2.08. The number of benzene rings is 1. The zero-order valence-electron chi connectivity index (χ0n) is 11.4. The quantitative estimate of drug-likeness (QED) is 0.903. The molecule has 20 heavy (non-hydrogen) atoms. The summed E-state index contributed by atoms with van der Waals surface area (Å²) in [5.74, 6) is 0.258. The Hall–Kier alpha value is -1.94. The van der Waals surface area contributed by atoms with Gasteiger partial charge in [-0.15, -0.1) is 0 Å². The highest BCUT2D eigenvalue weighted by atomic mass is 19.1. The van der Waals surface area contributed by atoms with Crippen LogP contribution in [0, 0.1) is 12.7 Å². The van der Waals surface area contributed by atoms with E-state index in [1.165, 1.54) is 18.9 Å². The summed E-state index contributed by atoms with van der Waals surface area (Å²) in [6, 6.07) is 9.23. The molecule has 0 amide bonds. The number of halogens is 1. The number of nitrogens with zero attached hydrogens (tertiary/aromatic N) is 1. The minimum atomic E-state index is -0.376. The van der Waals surface area contributed by atoms with Gasteiger partial charge >= 0.3 is 0 Å². The van der Waals surface area contributed by atoms with E-state index in [0.717, 1.165) is 17.7 Å². The van der Waals surface area contributed by atoms with Crippen LogP contribution in [-0.2, 0) is 6.54 Å². The van der Waals surface area contributed by atoms with E-state index < -0.39 is 0 Å². The topological polar surface area (TPSA) is 34.1 Å². The van der Waals surface area contributed by atoms with Gasteiger partial charge in [0.2, 0.25) is 5.88 Å². The smallest absolute Gasteiger partial charge is 0.219 e. The Morgan fingerprint density at radius 3 is 2.95 bits per heavy atom. The maximum Gasteiger partial charge on any atom is 0.219 e. The van der Waals surface area contributed by atoms with Crippen LogP contribution >= 0.6 is 0 Å². The molecular formula is C16H17FN2O. The maximum absolute atomic E-state index is 13.7. The number of aryl methyl sites for hydroxylation is 1. The maximum atomic E-state index is 13.7. The fourth-order valence-corrected chi connectivity index (χ4v) is 1.97. The fourth-order valence-electron chi connectivity index (χ4n) is 1.97. The zero-order chi connectivity index (χ0) is 13.9. The van der Waals surface area contributed by atoms with E-state index >= 15 is 0 Å². The molecule has 104 valence electrons. The second kappa shape index (κ2) is 5.59. The SMILES string of the molecule is Cc1ccc(F)c(Oc2cc(CNC3CC3)ccn2)c1. The molecule has 1 fully saturated rings. The lowest BCUT2D eigenvalue weighted by atomic mass is 10.2. The second-order valence-corrected chi connectivity index (χ2v) is 5.19. The summed E-state index contributed by atoms with van der Waals surface area (Å²) in [5.41, 5.74) is 2.04. The normalized spacial score (nSPS) is 14.3. The van der Waals surface area contributed by atoms with Crippen LogP contribution in [0.5, 0.6) is 11.6 Å². The van der Waals surface area contributed by atoms with Gasteiger partial charge in [0.15, 0.2) is 11.6 Å². The number of aromatic nitrogens is 1. The predicted octanol–water partition coefficient (Wildman–Crippen LogP) is 3.57. The van der Waals surface area contributed by atoms with Gasteiger partial charge < -0.3 is 10.1 Å². The molecule has 0 saturated heterocycles. The van der Waals surface area contributed by atoms with Gasteiger partial charge in [-0.25, -0.2) is 9.37 Å². The number of pyridine rings is 1. The first-order valence-electron chi connectivity index (χ1n) is 6.83. The molecule has 1 N–H and O–H groups in total. The molecule has 1 aromatic heterocycles. The number of nitrogens with one attached hydrogen (secondary N) is 1. The van der Waals surface area contributed by atoms with Gasteiger partial charge in [0.25, 0.3) is 0 Å². The molecule has 3 nitrogen and oxygen atoms in total. The molecule has 1 aliphatic rings. The number of hydrogen-bond donors (Lipinski definition) is 1. The third-order valence-electron chi connectivity index (χ3n) is 3.27. The van der Waals surface area contributed by atoms with E-state index in [4.69, 9.17) is 4.74 Å². The first-order chi connectivity index (χ1) is 9.70. The van der Waals surface area contributed by atoms with Crippen molar-refractivity contribution in [1.29, 1.82) is 0 Å². The molecular weight excluding hydrogens is 255 g/mol. The Morgan fingerprint density at radius 2 is 2.15 bits per heavy atom. The molecule has 0 spiro atoms. The van der Waals surface area contributed by atoms with Gasteiger partial charge in [-0.2, -0.15) is 0 Å². The van der Waals surface area contributed by atoms with Crippen molar-refractivity contribution in [3.8, 4) is 11.6 Å². The predicted molar refractivity (Wildman–Crippen MR) is 75.3 cm³/mol. The van der Waals surface area contributed by atoms with Crippen molar-refractivity contribution in [2.75, 3.05) is 0 Å². The molecule has 1 saturated carbocycles. The van der Waals surface area contributed by atoms with Gasteiger partial charge in [-0.05, 0) is 49.1 Å². The Labute approximate surface area is 117 Å². The summed E-state index contributed by atoms with van der Waals surface area (Å²) in [5, 5.41) is 3.43. The third-order valence-corrected chi connectivity index (χ3v) is 3.27. The second-order valence-electron chi connectivity index (χ2n) is 5.19. The minimum Gasteiger partial charge on any atom is -0.436 e. The van der Waals surface area contributed by atoms with Crippen molar-refractivity contribution in [3.63, 3.8) is 0 Å². The molecule has 2 aromatic rings. The van der Waals surface area contributed by atoms with Crippen LogP contribution in [0.3, 0.4) is 0 Å². The Kier molecular flexibility index (Phi) is 3.65. The summed E-state index contributed by atoms with van der Waals surface area (Å²) >= 11 is 0. The van der Waals surface area contributed by atoms with E-state index in [0.29, 0.717) is 11.9 Å². The average molecular weight is 272 g/mol. The van der Waals surface area contributed by atoms with E-state index in [-0.39, 0.29) is 11.6 Å². The molecule has 4 heteroatoms. The molecule has 0 radical (unpaired) electrons.